The molecular formula is C32H63NO3. The zero-order valence-electron chi connectivity index (χ0n) is 25.3. The Morgan fingerprint density at radius 2 is 1.03 bits per heavy atom. The van der Waals surface area contributed by atoms with Crippen molar-refractivity contribution in [3.63, 3.8) is 0 Å². The summed E-state index contributed by atoms with van der Waals surface area (Å²) in [5.74, 6) is -0.0152. The number of carbonyl (C=O) groups excluding carboxylic acids is 1. The zero-order chi connectivity index (χ0) is 26.7. The van der Waals surface area contributed by atoms with Crippen LogP contribution in [0, 0.1) is 0 Å². The maximum Gasteiger partial charge on any atom is 0.306 e. The highest BCUT2D eigenvalue weighted by atomic mass is 16.7. The number of hydrogen-bond acceptors (Lipinski definition) is 4. The number of hydroxylamine groups is 2. The second-order valence-electron chi connectivity index (χ2n) is 12.7. The van der Waals surface area contributed by atoms with Gasteiger partial charge < -0.3 is 4.74 Å². The van der Waals surface area contributed by atoms with Crippen molar-refractivity contribution < 1.29 is 14.4 Å². The van der Waals surface area contributed by atoms with Crippen molar-refractivity contribution in [2.45, 2.75) is 194 Å². The molecule has 0 saturated carbocycles. The van der Waals surface area contributed by atoms with E-state index in [2.05, 4.69) is 46.6 Å². The Balaban J connectivity index is 2.23. The van der Waals surface area contributed by atoms with Crippen molar-refractivity contribution in [1.29, 1.82) is 0 Å². The Morgan fingerprint density at radius 3 is 1.47 bits per heavy atom. The van der Waals surface area contributed by atoms with Gasteiger partial charge in [0.25, 0.3) is 0 Å². The van der Waals surface area contributed by atoms with Gasteiger partial charge in [0.2, 0.25) is 0 Å². The third-order valence-electron chi connectivity index (χ3n) is 7.80. The molecule has 1 fully saturated rings. The Labute approximate surface area is 225 Å². The van der Waals surface area contributed by atoms with Gasteiger partial charge in [-0.05, 0) is 40.5 Å². The molecule has 1 aliphatic heterocycles. The number of nitrogens with zero attached hydrogens (tertiary/aromatic N) is 1. The maximum atomic E-state index is 12.5. The lowest BCUT2D eigenvalue weighted by Gasteiger charge is -2.53. The Bertz CT molecular complexity index is 528. The van der Waals surface area contributed by atoms with Crippen LogP contribution in [0.5, 0.6) is 0 Å². The minimum atomic E-state index is -0.149. The molecule has 4 heteroatoms. The fraction of sp³-hybridized carbons (Fsp3) is 0.969. The topological polar surface area (TPSA) is 38.8 Å². The predicted molar refractivity (Wildman–Crippen MR) is 154 cm³/mol. The first-order valence-corrected chi connectivity index (χ1v) is 15.9. The molecule has 0 aliphatic carbocycles. The zero-order valence-corrected chi connectivity index (χ0v) is 25.3. The van der Waals surface area contributed by atoms with Crippen molar-refractivity contribution in [2.24, 2.45) is 0 Å². The summed E-state index contributed by atoms with van der Waals surface area (Å²) >= 11 is 0. The van der Waals surface area contributed by atoms with Gasteiger partial charge in [0.05, 0.1) is 6.61 Å². The van der Waals surface area contributed by atoms with Crippen LogP contribution in [-0.2, 0) is 14.4 Å². The smallest absolute Gasteiger partial charge is 0.306 e. The van der Waals surface area contributed by atoms with Crippen LogP contribution in [0.4, 0.5) is 0 Å². The first-order valence-electron chi connectivity index (χ1n) is 15.9. The molecule has 0 unspecified atom stereocenters. The molecule has 0 atom stereocenters. The van der Waals surface area contributed by atoms with Crippen LogP contribution in [0.3, 0.4) is 0 Å². The van der Waals surface area contributed by atoms with Gasteiger partial charge in [-0.15, -0.1) is 0 Å². The summed E-state index contributed by atoms with van der Waals surface area (Å²) in [5, 5.41) is 2.20. The monoisotopic (exact) mass is 509 g/mol. The standard InChI is InChI=1S/C32H63NO3/c1-7-9-11-13-15-17-19-21-23-25-30(34)36-29-27-31(3,4)33(32(5,6)28-29)35-26-24-22-20-18-16-14-12-10-8-2/h29H,7-28H2,1-6H3. The van der Waals surface area contributed by atoms with E-state index in [1.54, 1.807) is 0 Å². The molecule has 1 saturated heterocycles. The Morgan fingerprint density at radius 1 is 0.639 bits per heavy atom. The quantitative estimate of drug-likeness (QED) is 0.107. The largest absolute Gasteiger partial charge is 0.462 e. The van der Waals surface area contributed by atoms with Crippen molar-refractivity contribution in [3.05, 3.63) is 0 Å². The van der Waals surface area contributed by atoms with Gasteiger partial charge in [0, 0.05) is 30.3 Å². The van der Waals surface area contributed by atoms with Crippen LogP contribution < -0.4 is 0 Å². The molecule has 0 spiro atoms. The van der Waals surface area contributed by atoms with E-state index in [0.29, 0.717) is 6.42 Å². The molecule has 0 bridgehead atoms. The first kappa shape index (κ1) is 33.4. The molecule has 4 nitrogen and oxygen atoms in total. The Hall–Kier alpha value is -0.610. The van der Waals surface area contributed by atoms with Crippen LogP contribution in [0.2, 0.25) is 0 Å². The van der Waals surface area contributed by atoms with E-state index in [0.717, 1.165) is 38.7 Å². The van der Waals surface area contributed by atoms with Crippen LogP contribution in [0.15, 0.2) is 0 Å². The number of rotatable bonds is 22. The first-order chi connectivity index (χ1) is 17.2. The fourth-order valence-electron chi connectivity index (χ4n) is 6.00. The molecule has 0 aromatic carbocycles. The molecule has 0 amide bonds. The summed E-state index contributed by atoms with van der Waals surface area (Å²) < 4.78 is 5.97. The van der Waals surface area contributed by atoms with E-state index in [1.165, 1.54) is 96.3 Å². The summed E-state index contributed by atoms with van der Waals surface area (Å²) in [6, 6.07) is 0. The lowest BCUT2D eigenvalue weighted by Crippen LogP contribution is -2.62. The highest BCUT2D eigenvalue weighted by Gasteiger charge is 2.47. The van der Waals surface area contributed by atoms with Crippen LogP contribution in [-0.4, -0.2) is 34.8 Å². The average Bonchev–Trinajstić information content (AvgIpc) is 2.79. The molecule has 0 aromatic rings. The number of esters is 1. The SMILES string of the molecule is CCCCCCCCCCCON1C(C)(C)CC(OC(=O)CCCCCCCCCCC)CC1(C)C. The van der Waals surface area contributed by atoms with E-state index in [9.17, 15) is 4.79 Å². The number of ether oxygens (including phenoxy) is 1. The third kappa shape index (κ3) is 15.0. The van der Waals surface area contributed by atoms with E-state index < -0.39 is 0 Å². The Kier molecular flexibility index (Phi) is 18.1. The lowest BCUT2D eigenvalue weighted by atomic mass is 9.80. The van der Waals surface area contributed by atoms with E-state index in [1.807, 2.05) is 0 Å². The van der Waals surface area contributed by atoms with Crippen molar-refractivity contribution in [2.75, 3.05) is 6.61 Å². The van der Waals surface area contributed by atoms with Gasteiger partial charge in [-0.25, -0.2) is 0 Å². The van der Waals surface area contributed by atoms with Gasteiger partial charge in [0.15, 0.2) is 0 Å². The number of hydrogen-bond donors (Lipinski definition) is 0. The lowest BCUT2D eigenvalue weighted by molar-refractivity contribution is -0.293. The predicted octanol–water partition coefficient (Wildman–Crippen LogP) is 9.93. The third-order valence-corrected chi connectivity index (χ3v) is 7.80. The molecule has 36 heavy (non-hydrogen) atoms. The van der Waals surface area contributed by atoms with Gasteiger partial charge in [0.1, 0.15) is 6.10 Å². The highest BCUT2D eigenvalue weighted by Crippen LogP contribution is 2.40. The van der Waals surface area contributed by atoms with Crippen LogP contribution in [0.1, 0.15) is 176 Å². The summed E-state index contributed by atoms with van der Waals surface area (Å²) in [6.07, 6.45) is 25.5. The molecule has 214 valence electrons. The molecule has 1 aliphatic rings. The molecular weight excluding hydrogens is 446 g/mol. The second-order valence-corrected chi connectivity index (χ2v) is 12.7. The van der Waals surface area contributed by atoms with Crippen molar-refractivity contribution in [3.8, 4) is 0 Å². The maximum absolute atomic E-state index is 12.5. The van der Waals surface area contributed by atoms with Gasteiger partial charge >= 0.3 is 5.97 Å². The number of unbranched alkanes of at least 4 members (excludes halogenated alkanes) is 16. The average molecular weight is 510 g/mol. The number of carbonyl (C=O) groups is 1. The molecule has 1 rings (SSSR count). The van der Waals surface area contributed by atoms with Crippen LogP contribution >= 0.6 is 0 Å². The van der Waals surface area contributed by atoms with Gasteiger partial charge in [-0.2, -0.15) is 5.06 Å². The minimum Gasteiger partial charge on any atom is -0.462 e. The molecule has 0 radical (unpaired) electrons. The minimum absolute atomic E-state index is 0.0152. The van der Waals surface area contributed by atoms with Gasteiger partial charge in [-0.1, -0.05) is 117 Å². The van der Waals surface area contributed by atoms with Gasteiger partial charge in [-0.3, -0.25) is 9.63 Å². The summed E-state index contributed by atoms with van der Waals surface area (Å²) in [7, 11) is 0. The number of piperidine rings is 1. The fourth-order valence-corrected chi connectivity index (χ4v) is 6.00. The molecule has 0 aromatic heterocycles. The molecule has 1 heterocycles. The summed E-state index contributed by atoms with van der Waals surface area (Å²) in [4.78, 5) is 18.9. The van der Waals surface area contributed by atoms with E-state index >= 15 is 0 Å². The normalized spacial score (nSPS) is 17.9. The second kappa shape index (κ2) is 19.5. The van der Waals surface area contributed by atoms with E-state index in [4.69, 9.17) is 9.57 Å². The summed E-state index contributed by atoms with van der Waals surface area (Å²) in [6.45, 7) is 14.2. The van der Waals surface area contributed by atoms with Crippen molar-refractivity contribution in [1.82, 2.24) is 5.06 Å². The van der Waals surface area contributed by atoms with E-state index in [-0.39, 0.29) is 23.2 Å². The van der Waals surface area contributed by atoms with Crippen LogP contribution in [0.25, 0.3) is 0 Å². The highest BCUT2D eigenvalue weighted by molar-refractivity contribution is 5.69. The summed E-state index contributed by atoms with van der Waals surface area (Å²) in [5.41, 5.74) is -0.298. The molecule has 0 N–H and O–H groups in total. The van der Waals surface area contributed by atoms with Crippen molar-refractivity contribution >= 4 is 5.97 Å².